The van der Waals surface area contributed by atoms with Gasteiger partial charge in [0.25, 0.3) is 0 Å². The molecule has 4 N–H and O–H groups in total. The molecule has 0 bridgehead atoms. The molecule has 2 fully saturated rings. The van der Waals surface area contributed by atoms with E-state index >= 15 is 0 Å². The molecule has 4 atom stereocenters. The number of ether oxygens (including phenoxy) is 1. The van der Waals surface area contributed by atoms with Crippen LogP contribution in [0.5, 0.6) is 0 Å². The van der Waals surface area contributed by atoms with Gasteiger partial charge >= 0.3 is 6.03 Å². The molecule has 96 valence electrons. The minimum absolute atomic E-state index is 0.0872. The van der Waals surface area contributed by atoms with Crippen LogP contribution in [0.1, 0.15) is 12.8 Å². The summed E-state index contributed by atoms with van der Waals surface area (Å²) in [4.78, 5) is 23.5. The number of urea groups is 1. The molecular weight excluding hydrogens is 232 g/mol. The van der Waals surface area contributed by atoms with E-state index in [9.17, 15) is 19.8 Å². The molecule has 0 aromatic heterocycles. The van der Waals surface area contributed by atoms with Gasteiger partial charge in [-0.3, -0.25) is 15.0 Å². The Bertz CT molecular complexity index is 335. The lowest BCUT2D eigenvalue weighted by Crippen LogP contribution is -2.58. The van der Waals surface area contributed by atoms with Crippen molar-refractivity contribution in [2.45, 2.75) is 37.5 Å². The number of rotatable bonds is 2. The molecule has 2 aliphatic heterocycles. The Morgan fingerprint density at radius 1 is 1.41 bits per heavy atom. The summed E-state index contributed by atoms with van der Waals surface area (Å²) in [5.74, 6) is -0.559. The highest BCUT2D eigenvalue weighted by Gasteiger charge is 2.43. The SMILES string of the molecule is O=C1C[C@H](O)N([C@H]2C[C@H](O)[C@@H](CO)O2)C(=O)N1. The number of hydrogen-bond acceptors (Lipinski definition) is 6. The molecule has 0 saturated carbocycles. The van der Waals surface area contributed by atoms with Gasteiger partial charge in [-0.15, -0.1) is 0 Å². The lowest BCUT2D eigenvalue weighted by Gasteiger charge is -2.35. The van der Waals surface area contributed by atoms with E-state index in [-0.39, 0.29) is 19.4 Å². The van der Waals surface area contributed by atoms with E-state index in [2.05, 4.69) is 0 Å². The highest BCUT2D eigenvalue weighted by molar-refractivity contribution is 5.97. The van der Waals surface area contributed by atoms with Crippen LogP contribution in [-0.2, 0) is 9.53 Å². The monoisotopic (exact) mass is 246 g/mol. The first-order valence-corrected chi connectivity index (χ1v) is 5.27. The number of nitrogens with zero attached hydrogens (tertiary/aromatic N) is 1. The Balaban J connectivity index is 2.07. The number of aliphatic hydroxyl groups excluding tert-OH is 3. The summed E-state index contributed by atoms with van der Waals surface area (Å²) in [5, 5.41) is 30.1. The summed E-state index contributed by atoms with van der Waals surface area (Å²) in [7, 11) is 0. The first-order valence-electron chi connectivity index (χ1n) is 5.27. The molecule has 0 unspecified atom stereocenters. The maximum absolute atomic E-state index is 11.5. The lowest BCUT2D eigenvalue weighted by atomic mass is 10.1. The largest absolute Gasteiger partial charge is 0.394 e. The molecule has 0 spiro atoms. The van der Waals surface area contributed by atoms with E-state index in [1.54, 1.807) is 0 Å². The van der Waals surface area contributed by atoms with Crippen molar-refractivity contribution in [2.75, 3.05) is 6.61 Å². The number of carbonyl (C=O) groups excluding carboxylic acids is 2. The van der Waals surface area contributed by atoms with E-state index in [1.807, 2.05) is 5.32 Å². The first-order chi connectivity index (χ1) is 8.02. The second kappa shape index (κ2) is 4.57. The number of hydrogen-bond donors (Lipinski definition) is 4. The molecule has 2 heterocycles. The van der Waals surface area contributed by atoms with Gasteiger partial charge in [-0.05, 0) is 0 Å². The molecule has 2 rings (SSSR count). The Kier molecular flexibility index (Phi) is 3.29. The molecule has 0 radical (unpaired) electrons. The van der Waals surface area contributed by atoms with Crippen LogP contribution in [-0.4, -0.2) is 63.4 Å². The van der Waals surface area contributed by atoms with Gasteiger partial charge in [-0.2, -0.15) is 0 Å². The maximum Gasteiger partial charge on any atom is 0.328 e. The third-order valence-electron chi connectivity index (χ3n) is 2.86. The number of imide groups is 1. The number of aliphatic hydroxyl groups is 3. The van der Waals surface area contributed by atoms with Crippen molar-refractivity contribution in [1.82, 2.24) is 10.2 Å². The smallest absolute Gasteiger partial charge is 0.328 e. The highest BCUT2D eigenvalue weighted by atomic mass is 16.5. The summed E-state index contributed by atoms with van der Waals surface area (Å²) in [6.07, 6.45) is -3.94. The van der Waals surface area contributed by atoms with E-state index in [0.29, 0.717) is 0 Å². The molecule has 2 aliphatic rings. The van der Waals surface area contributed by atoms with Crippen LogP contribution in [0.4, 0.5) is 4.79 Å². The molecule has 8 heteroatoms. The van der Waals surface area contributed by atoms with Crippen LogP contribution in [0, 0.1) is 0 Å². The zero-order valence-corrected chi connectivity index (χ0v) is 8.94. The van der Waals surface area contributed by atoms with Gasteiger partial charge in [0.15, 0.2) is 0 Å². The first kappa shape index (κ1) is 12.2. The summed E-state index contributed by atoms with van der Waals surface area (Å²) < 4.78 is 5.23. The average Bonchev–Trinajstić information content (AvgIpc) is 2.57. The molecule has 8 nitrogen and oxygen atoms in total. The standard InChI is InChI=1S/C9H14N2O6/c12-3-5-4(13)1-8(17-5)11-7(15)2-6(14)10-9(11)16/h4-5,7-8,12-13,15H,1-3H2,(H,10,14,16)/t4-,5+,7-,8+/m0/s1. The summed E-state index contributed by atoms with van der Waals surface area (Å²) >= 11 is 0. The highest BCUT2D eigenvalue weighted by Crippen LogP contribution is 2.26. The van der Waals surface area contributed by atoms with Crippen molar-refractivity contribution in [3.63, 3.8) is 0 Å². The number of carbonyl (C=O) groups is 2. The normalized spacial score (nSPS) is 38.4. The molecule has 0 aliphatic carbocycles. The van der Waals surface area contributed by atoms with Gasteiger partial charge < -0.3 is 20.1 Å². The minimum Gasteiger partial charge on any atom is -0.394 e. The molecule has 2 saturated heterocycles. The van der Waals surface area contributed by atoms with Crippen molar-refractivity contribution in [1.29, 1.82) is 0 Å². The van der Waals surface area contributed by atoms with Crippen LogP contribution in [0.25, 0.3) is 0 Å². The predicted octanol–water partition coefficient (Wildman–Crippen LogP) is -2.29. The van der Waals surface area contributed by atoms with E-state index in [0.717, 1.165) is 4.90 Å². The van der Waals surface area contributed by atoms with Gasteiger partial charge in [-0.25, -0.2) is 4.79 Å². The van der Waals surface area contributed by atoms with Crippen LogP contribution in [0.2, 0.25) is 0 Å². The summed E-state index contributed by atoms with van der Waals surface area (Å²) in [6, 6.07) is -0.760. The lowest BCUT2D eigenvalue weighted by molar-refractivity contribution is -0.141. The quantitative estimate of drug-likeness (QED) is 0.435. The molecule has 0 aromatic carbocycles. The van der Waals surface area contributed by atoms with Gasteiger partial charge in [0.2, 0.25) is 5.91 Å². The van der Waals surface area contributed by atoms with E-state index in [4.69, 9.17) is 9.84 Å². The minimum atomic E-state index is -1.27. The average molecular weight is 246 g/mol. The van der Waals surface area contributed by atoms with Crippen LogP contribution < -0.4 is 5.32 Å². The second-order valence-electron chi connectivity index (χ2n) is 4.06. The van der Waals surface area contributed by atoms with Crippen LogP contribution in [0.15, 0.2) is 0 Å². The van der Waals surface area contributed by atoms with Crippen molar-refractivity contribution < 1.29 is 29.6 Å². The van der Waals surface area contributed by atoms with E-state index in [1.165, 1.54) is 0 Å². The van der Waals surface area contributed by atoms with Gasteiger partial charge in [-0.1, -0.05) is 0 Å². The number of nitrogens with one attached hydrogen (secondary N) is 1. The third kappa shape index (κ3) is 2.25. The Hall–Kier alpha value is -1.22. The van der Waals surface area contributed by atoms with Gasteiger partial charge in [0.1, 0.15) is 18.6 Å². The fourth-order valence-corrected chi connectivity index (χ4v) is 2.01. The molecule has 0 aromatic rings. The fourth-order valence-electron chi connectivity index (χ4n) is 2.01. The molecule has 17 heavy (non-hydrogen) atoms. The van der Waals surface area contributed by atoms with E-state index < -0.39 is 36.6 Å². The Morgan fingerprint density at radius 3 is 2.65 bits per heavy atom. The van der Waals surface area contributed by atoms with Crippen molar-refractivity contribution in [2.24, 2.45) is 0 Å². The van der Waals surface area contributed by atoms with Crippen LogP contribution in [0.3, 0.4) is 0 Å². The van der Waals surface area contributed by atoms with Crippen molar-refractivity contribution in [3.8, 4) is 0 Å². The van der Waals surface area contributed by atoms with Crippen molar-refractivity contribution >= 4 is 11.9 Å². The summed E-state index contributed by atoms with van der Waals surface area (Å²) in [6.45, 7) is -0.373. The van der Waals surface area contributed by atoms with Crippen LogP contribution >= 0.6 is 0 Å². The van der Waals surface area contributed by atoms with Gasteiger partial charge in [0.05, 0.1) is 19.1 Å². The Labute approximate surface area is 96.8 Å². The molecule has 3 amide bonds. The second-order valence-corrected chi connectivity index (χ2v) is 4.06. The van der Waals surface area contributed by atoms with Crippen molar-refractivity contribution in [3.05, 3.63) is 0 Å². The zero-order chi connectivity index (χ0) is 12.6. The topological polar surface area (TPSA) is 119 Å². The fraction of sp³-hybridized carbons (Fsp3) is 0.778. The zero-order valence-electron chi connectivity index (χ0n) is 8.94. The Morgan fingerprint density at radius 2 is 2.12 bits per heavy atom. The van der Waals surface area contributed by atoms with Gasteiger partial charge in [0, 0.05) is 6.42 Å². The maximum atomic E-state index is 11.5. The predicted molar refractivity (Wildman–Crippen MR) is 52.4 cm³/mol. The molecular formula is C9H14N2O6. The summed E-state index contributed by atoms with van der Waals surface area (Å²) in [5.41, 5.74) is 0. The third-order valence-corrected chi connectivity index (χ3v) is 2.86. The number of amides is 3.